The molecule has 1 N–H and O–H groups in total. The fourth-order valence-electron chi connectivity index (χ4n) is 4.30. The topological polar surface area (TPSA) is 78.0 Å². The van der Waals surface area contributed by atoms with Crippen molar-refractivity contribution in [3.05, 3.63) is 41.2 Å². The fraction of sp³-hybridized carbons (Fsp3) is 0.524. The van der Waals surface area contributed by atoms with E-state index in [1.807, 2.05) is 12.1 Å². The summed E-state index contributed by atoms with van der Waals surface area (Å²) in [5.74, 6) is 2.08. The van der Waals surface area contributed by atoms with Gasteiger partial charge in [0.05, 0.1) is 19.3 Å². The maximum absolute atomic E-state index is 6.50. The van der Waals surface area contributed by atoms with Gasteiger partial charge in [-0.3, -0.25) is 4.90 Å². The summed E-state index contributed by atoms with van der Waals surface area (Å²) in [7, 11) is 0. The van der Waals surface area contributed by atoms with Crippen LogP contribution in [0.1, 0.15) is 18.4 Å². The average Bonchev–Trinajstić information content (AvgIpc) is 3.31. The van der Waals surface area contributed by atoms with Gasteiger partial charge in [0.15, 0.2) is 11.5 Å². The third kappa shape index (κ3) is 4.32. The van der Waals surface area contributed by atoms with Crippen LogP contribution < -0.4 is 14.8 Å². The number of aromatic nitrogens is 2. The van der Waals surface area contributed by atoms with E-state index in [4.69, 9.17) is 30.5 Å². The molecule has 0 radical (unpaired) electrons. The SMILES string of the molecule is Clc1cc2c(cc1CN1CCOC[C@@]3(CC[C@@H](CNc4ncccn4)O3)C1)OCO2. The zero-order valence-electron chi connectivity index (χ0n) is 16.7. The summed E-state index contributed by atoms with van der Waals surface area (Å²) < 4.78 is 23.4. The Morgan fingerprint density at radius 1 is 1.20 bits per heavy atom. The molecule has 2 saturated heterocycles. The first kappa shape index (κ1) is 19.8. The zero-order valence-corrected chi connectivity index (χ0v) is 17.4. The van der Waals surface area contributed by atoms with Crippen molar-refractivity contribution in [1.82, 2.24) is 14.9 Å². The number of hydrogen-bond donors (Lipinski definition) is 1. The van der Waals surface area contributed by atoms with E-state index in [2.05, 4.69) is 20.2 Å². The number of fused-ring (bicyclic) bond motifs is 1. The number of nitrogens with zero attached hydrogens (tertiary/aromatic N) is 3. The van der Waals surface area contributed by atoms with Gasteiger partial charge >= 0.3 is 0 Å². The van der Waals surface area contributed by atoms with Crippen LogP contribution in [0, 0.1) is 0 Å². The normalized spacial score (nSPS) is 26.1. The fourth-order valence-corrected chi connectivity index (χ4v) is 4.51. The Bertz CT molecular complexity index is 887. The van der Waals surface area contributed by atoms with Crippen LogP contribution in [0.25, 0.3) is 0 Å². The number of hydrogen-bond acceptors (Lipinski definition) is 8. The number of anilines is 1. The van der Waals surface area contributed by atoms with E-state index in [0.717, 1.165) is 37.2 Å². The molecule has 0 unspecified atom stereocenters. The highest BCUT2D eigenvalue weighted by Crippen LogP contribution is 2.38. The summed E-state index contributed by atoms with van der Waals surface area (Å²) in [6.45, 7) is 4.55. The lowest BCUT2D eigenvalue weighted by atomic mass is 9.99. The van der Waals surface area contributed by atoms with Gasteiger partial charge in [-0.15, -0.1) is 0 Å². The molecular weight excluding hydrogens is 408 g/mol. The molecule has 2 aromatic rings. The molecule has 2 atom stereocenters. The molecule has 3 aliphatic rings. The first-order valence-corrected chi connectivity index (χ1v) is 10.6. The molecule has 1 aromatic heterocycles. The summed E-state index contributed by atoms with van der Waals surface area (Å²) in [5, 5.41) is 3.95. The van der Waals surface area contributed by atoms with Crippen LogP contribution in [-0.2, 0) is 16.0 Å². The highest BCUT2D eigenvalue weighted by Gasteiger charge is 2.43. The molecule has 0 bridgehead atoms. The van der Waals surface area contributed by atoms with E-state index in [-0.39, 0.29) is 18.5 Å². The molecule has 160 valence electrons. The first-order valence-electron chi connectivity index (χ1n) is 10.3. The lowest BCUT2D eigenvalue weighted by Gasteiger charge is -2.32. The molecule has 5 rings (SSSR count). The molecule has 2 fully saturated rings. The van der Waals surface area contributed by atoms with E-state index < -0.39 is 0 Å². The number of ether oxygens (including phenoxy) is 4. The largest absolute Gasteiger partial charge is 0.454 e. The molecule has 0 aliphatic carbocycles. The van der Waals surface area contributed by atoms with E-state index in [1.165, 1.54) is 0 Å². The van der Waals surface area contributed by atoms with Gasteiger partial charge in [0.1, 0.15) is 5.60 Å². The van der Waals surface area contributed by atoms with Gasteiger partial charge in [-0.25, -0.2) is 9.97 Å². The van der Waals surface area contributed by atoms with Gasteiger partial charge < -0.3 is 24.3 Å². The molecule has 8 nitrogen and oxygen atoms in total. The molecule has 1 spiro atoms. The molecule has 0 saturated carbocycles. The second-order valence-corrected chi connectivity index (χ2v) is 8.38. The summed E-state index contributed by atoms with van der Waals surface area (Å²) in [6.07, 6.45) is 5.49. The van der Waals surface area contributed by atoms with E-state index in [0.29, 0.717) is 43.0 Å². The maximum Gasteiger partial charge on any atom is 0.231 e. The molecule has 9 heteroatoms. The highest BCUT2D eigenvalue weighted by molar-refractivity contribution is 6.31. The maximum atomic E-state index is 6.50. The van der Waals surface area contributed by atoms with Crippen LogP contribution in [0.2, 0.25) is 5.02 Å². The minimum absolute atomic E-state index is 0.103. The Kier molecular flexibility index (Phi) is 5.64. The minimum atomic E-state index is -0.302. The first-order chi connectivity index (χ1) is 14.7. The third-order valence-electron chi connectivity index (χ3n) is 5.76. The van der Waals surface area contributed by atoms with E-state index in [1.54, 1.807) is 18.5 Å². The van der Waals surface area contributed by atoms with Crippen LogP contribution in [0.3, 0.4) is 0 Å². The van der Waals surface area contributed by atoms with E-state index >= 15 is 0 Å². The summed E-state index contributed by atoms with van der Waals surface area (Å²) in [4.78, 5) is 10.8. The van der Waals surface area contributed by atoms with Crippen molar-refractivity contribution >= 4 is 17.5 Å². The van der Waals surface area contributed by atoms with Crippen molar-refractivity contribution < 1.29 is 18.9 Å². The number of rotatable bonds is 5. The van der Waals surface area contributed by atoms with Crippen molar-refractivity contribution in [2.24, 2.45) is 0 Å². The Labute approximate surface area is 180 Å². The summed E-state index contributed by atoms with van der Waals surface area (Å²) in [5.41, 5.74) is 0.721. The van der Waals surface area contributed by atoms with Crippen LogP contribution in [0.4, 0.5) is 5.95 Å². The molecular formula is C21H25ClN4O4. The number of halogens is 1. The standard InChI is InChI=1S/C21H25ClN4O4/c22-17-9-19-18(28-14-29-19)8-15(17)11-26-6-7-27-13-21(12-26)3-2-16(30-21)10-25-20-23-4-1-5-24-20/h1,4-5,8-9,16H,2-3,6-7,10-14H2,(H,23,24,25)/t16-,21+/m0/s1. The number of nitrogens with one attached hydrogen (secondary N) is 1. The van der Waals surface area contributed by atoms with Crippen LogP contribution in [-0.4, -0.2) is 66.2 Å². The van der Waals surface area contributed by atoms with Crippen molar-refractivity contribution in [2.75, 3.05) is 45.0 Å². The van der Waals surface area contributed by atoms with Crippen molar-refractivity contribution in [2.45, 2.75) is 31.1 Å². The van der Waals surface area contributed by atoms with Gasteiger partial charge in [0, 0.05) is 49.7 Å². The summed E-state index contributed by atoms with van der Waals surface area (Å²) >= 11 is 6.50. The number of benzene rings is 1. The minimum Gasteiger partial charge on any atom is -0.454 e. The Morgan fingerprint density at radius 2 is 2.03 bits per heavy atom. The smallest absolute Gasteiger partial charge is 0.231 e. The van der Waals surface area contributed by atoms with Crippen LogP contribution in [0.5, 0.6) is 11.5 Å². The lowest BCUT2D eigenvalue weighted by Crippen LogP contribution is -2.44. The molecule has 1 aromatic carbocycles. The van der Waals surface area contributed by atoms with Crippen LogP contribution >= 0.6 is 11.6 Å². The van der Waals surface area contributed by atoms with Crippen molar-refractivity contribution in [1.29, 1.82) is 0 Å². The van der Waals surface area contributed by atoms with E-state index in [9.17, 15) is 0 Å². The van der Waals surface area contributed by atoms with Crippen LogP contribution in [0.15, 0.2) is 30.6 Å². The zero-order chi connectivity index (χ0) is 20.4. The lowest BCUT2D eigenvalue weighted by molar-refractivity contribution is -0.0826. The van der Waals surface area contributed by atoms with Crippen molar-refractivity contribution in [3.63, 3.8) is 0 Å². The van der Waals surface area contributed by atoms with Crippen molar-refractivity contribution in [3.8, 4) is 11.5 Å². The predicted octanol–water partition coefficient (Wildman–Crippen LogP) is 2.72. The monoisotopic (exact) mass is 432 g/mol. The molecule has 30 heavy (non-hydrogen) atoms. The average molecular weight is 433 g/mol. The Balaban J connectivity index is 1.23. The molecule has 3 aliphatic heterocycles. The molecule has 4 heterocycles. The Hall–Kier alpha value is -2.13. The van der Waals surface area contributed by atoms with Gasteiger partial charge in [-0.1, -0.05) is 11.6 Å². The molecule has 0 amide bonds. The second kappa shape index (κ2) is 8.55. The van der Waals surface area contributed by atoms with Gasteiger partial charge in [0.25, 0.3) is 0 Å². The summed E-state index contributed by atoms with van der Waals surface area (Å²) in [6, 6.07) is 5.62. The van der Waals surface area contributed by atoms with Gasteiger partial charge in [0.2, 0.25) is 12.7 Å². The Morgan fingerprint density at radius 3 is 2.90 bits per heavy atom. The second-order valence-electron chi connectivity index (χ2n) is 7.97. The van der Waals surface area contributed by atoms with Gasteiger partial charge in [-0.05, 0) is 30.5 Å². The highest BCUT2D eigenvalue weighted by atomic mass is 35.5. The quantitative estimate of drug-likeness (QED) is 0.772. The van der Waals surface area contributed by atoms with Gasteiger partial charge in [-0.2, -0.15) is 0 Å². The predicted molar refractivity (Wildman–Crippen MR) is 111 cm³/mol. The third-order valence-corrected chi connectivity index (χ3v) is 6.11.